The molecule has 0 unspecified atom stereocenters. The van der Waals surface area contributed by atoms with Gasteiger partial charge in [-0.2, -0.15) is 0 Å². The Kier molecular flexibility index (Phi) is 6.21. The summed E-state index contributed by atoms with van der Waals surface area (Å²) in [5.41, 5.74) is -0.0522. The van der Waals surface area contributed by atoms with Gasteiger partial charge >= 0.3 is 0 Å². The zero-order valence-corrected chi connectivity index (χ0v) is 17.0. The Morgan fingerprint density at radius 2 is 1.14 bits per heavy atom. The van der Waals surface area contributed by atoms with Crippen LogP contribution in [0.5, 0.6) is 0 Å². The van der Waals surface area contributed by atoms with E-state index in [1.165, 1.54) is 13.8 Å². The van der Waals surface area contributed by atoms with Gasteiger partial charge < -0.3 is 0 Å². The van der Waals surface area contributed by atoms with Gasteiger partial charge in [-0.15, -0.1) is 0 Å². The van der Waals surface area contributed by atoms with E-state index in [-0.39, 0.29) is 59.9 Å². The van der Waals surface area contributed by atoms with E-state index in [0.29, 0.717) is 24.0 Å². The molecule has 0 N–H and O–H groups in total. The first-order valence-corrected chi connectivity index (χ1v) is 9.62. The zero-order chi connectivity index (χ0) is 21.3. The molecule has 0 amide bonds. The molecule has 8 nitrogen and oxygen atoms in total. The fourth-order valence-corrected chi connectivity index (χ4v) is 4.52. The van der Waals surface area contributed by atoms with E-state index in [0.717, 1.165) is 11.1 Å². The number of nitro groups is 2. The molecule has 0 heterocycles. The van der Waals surface area contributed by atoms with Crippen LogP contribution >= 0.6 is 0 Å². The quantitative estimate of drug-likeness (QED) is 0.477. The largest absolute Gasteiger partial charge is 0.295 e. The maximum Gasteiger partial charge on any atom is 0.227 e. The lowest BCUT2D eigenvalue weighted by Crippen LogP contribution is -2.47. The lowest BCUT2D eigenvalue weighted by molar-refractivity contribution is -0.590. The molecular formula is C20H28N2O6. The van der Waals surface area contributed by atoms with E-state index in [4.69, 9.17) is 0 Å². The van der Waals surface area contributed by atoms with E-state index in [9.17, 15) is 29.8 Å². The first-order valence-electron chi connectivity index (χ1n) is 9.62. The van der Waals surface area contributed by atoms with Crippen molar-refractivity contribution < 1.29 is 19.4 Å². The predicted molar refractivity (Wildman–Crippen MR) is 103 cm³/mol. The standard InChI is InChI=1S/C20H28N2O6/c1-13-5-7-19(21(25)26,11-17(13)15(3)23)9-10-20(22(27)28)8-6-14(2)18(12-20)16(4)24/h5-12H2,1-4H3/t19-,20-/m0/s1. The third kappa shape index (κ3) is 4.05. The highest BCUT2D eigenvalue weighted by Crippen LogP contribution is 2.44. The van der Waals surface area contributed by atoms with Gasteiger partial charge in [0.25, 0.3) is 0 Å². The molecule has 0 radical (unpaired) electrons. The van der Waals surface area contributed by atoms with Gasteiger partial charge in [-0.3, -0.25) is 29.8 Å². The topological polar surface area (TPSA) is 120 Å². The Hall–Kier alpha value is -2.38. The average Bonchev–Trinajstić information content (AvgIpc) is 2.61. The van der Waals surface area contributed by atoms with Crippen molar-refractivity contribution >= 4 is 11.6 Å². The predicted octanol–water partition coefficient (Wildman–Crippen LogP) is 3.98. The molecular weight excluding hydrogens is 364 g/mol. The minimum absolute atomic E-state index is 0.0173. The second-order valence-electron chi connectivity index (χ2n) is 8.45. The highest BCUT2D eigenvalue weighted by molar-refractivity contribution is 5.94. The van der Waals surface area contributed by atoms with Gasteiger partial charge in [0.15, 0.2) is 11.6 Å². The number of Topliss-reactive ketones (excluding diaryl/α,β-unsaturated/α-hetero) is 2. The summed E-state index contributed by atoms with van der Waals surface area (Å²) in [5.74, 6) is -0.356. The highest BCUT2D eigenvalue weighted by atomic mass is 16.6. The average molecular weight is 392 g/mol. The molecule has 0 aliphatic heterocycles. The van der Waals surface area contributed by atoms with Crippen LogP contribution in [0.4, 0.5) is 0 Å². The number of carbonyl (C=O) groups excluding carboxylic acids is 2. The molecule has 0 saturated carbocycles. The van der Waals surface area contributed by atoms with E-state index < -0.39 is 11.1 Å². The fourth-order valence-electron chi connectivity index (χ4n) is 4.52. The van der Waals surface area contributed by atoms with Crippen LogP contribution in [-0.2, 0) is 9.59 Å². The normalized spacial score (nSPS) is 28.3. The van der Waals surface area contributed by atoms with Gasteiger partial charge in [0.1, 0.15) is 0 Å². The molecule has 28 heavy (non-hydrogen) atoms. The van der Waals surface area contributed by atoms with Crippen LogP contribution < -0.4 is 0 Å². The van der Waals surface area contributed by atoms with Crippen LogP contribution in [0, 0.1) is 20.2 Å². The Bertz CT molecular complexity index is 731. The van der Waals surface area contributed by atoms with Crippen LogP contribution in [0.1, 0.15) is 79.1 Å². The smallest absolute Gasteiger partial charge is 0.227 e. The van der Waals surface area contributed by atoms with Crippen LogP contribution in [0.3, 0.4) is 0 Å². The van der Waals surface area contributed by atoms with Crippen LogP contribution in [0.25, 0.3) is 0 Å². The molecule has 2 rings (SSSR count). The van der Waals surface area contributed by atoms with Crippen molar-refractivity contribution in [3.63, 3.8) is 0 Å². The van der Waals surface area contributed by atoms with Crippen molar-refractivity contribution in [2.24, 2.45) is 0 Å². The Morgan fingerprint density at radius 1 is 0.821 bits per heavy atom. The monoisotopic (exact) mass is 392 g/mol. The SMILES string of the molecule is CC(=O)C1=C(C)CC[C@@](CC[C@@]2([N+](=O)[O-])CCC(C)=C(C(C)=O)C2)([N+](=O)[O-])C1. The van der Waals surface area contributed by atoms with Gasteiger partial charge in [-0.05, 0) is 40.5 Å². The Labute approximate surface area is 164 Å². The second-order valence-corrected chi connectivity index (χ2v) is 8.45. The van der Waals surface area contributed by atoms with Gasteiger partial charge in [0.2, 0.25) is 11.1 Å². The van der Waals surface area contributed by atoms with Crippen molar-refractivity contribution in [1.82, 2.24) is 0 Å². The molecule has 0 saturated heterocycles. The number of nitrogens with zero attached hydrogens (tertiary/aromatic N) is 2. The van der Waals surface area contributed by atoms with Crippen LogP contribution in [0.15, 0.2) is 22.3 Å². The summed E-state index contributed by atoms with van der Waals surface area (Å²) < 4.78 is 0. The molecule has 0 bridgehead atoms. The number of hydrogen-bond donors (Lipinski definition) is 0. The summed E-state index contributed by atoms with van der Waals surface area (Å²) in [6.45, 7) is 6.43. The Morgan fingerprint density at radius 3 is 1.39 bits per heavy atom. The molecule has 0 aromatic carbocycles. The van der Waals surface area contributed by atoms with Crippen molar-refractivity contribution in [1.29, 1.82) is 0 Å². The summed E-state index contributed by atoms with van der Waals surface area (Å²) in [5, 5.41) is 23.9. The first-order chi connectivity index (χ1) is 12.9. The minimum Gasteiger partial charge on any atom is -0.295 e. The molecule has 2 aliphatic carbocycles. The van der Waals surface area contributed by atoms with Gasteiger partial charge in [-0.25, -0.2) is 0 Å². The second kappa shape index (κ2) is 7.93. The van der Waals surface area contributed by atoms with E-state index in [1.807, 2.05) is 13.8 Å². The lowest BCUT2D eigenvalue weighted by atomic mass is 9.69. The molecule has 0 aromatic heterocycles. The summed E-state index contributed by atoms with van der Waals surface area (Å²) in [4.78, 5) is 47.0. The van der Waals surface area contributed by atoms with Crippen molar-refractivity contribution in [2.45, 2.75) is 90.1 Å². The summed E-state index contributed by atoms with van der Waals surface area (Å²) in [6.07, 6.45) is 1.51. The maximum absolute atomic E-state index is 12.0. The lowest BCUT2D eigenvalue weighted by Gasteiger charge is -2.35. The number of carbonyl (C=O) groups is 2. The Balaban J connectivity index is 2.32. The van der Waals surface area contributed by atoms with E-state index in [1.54, 1.807) is 0 Å². The van der Waals surface area contributed by atoms with Gasteiger partial charge in [0, 0.05) is 59.5 Å². The van der Waals surface area contributed by atoms with Crippen LogP contribution in [-0.4, -0.2) is 32.5 Å². The molecule has 2 atom stereocenters. The maximum atomic E-state index is 12.0. The van der Waals surface area contributed by atoms with E-state index in [2.05, 4.69) is 0 Å². The zero-order valence-electron chi connectivity index (χ0n) is 17.0. The summed E-state index contributed by atoms with van der Waals surface area (Å²) in [7, 11) is 0. The van der Waals surface area contributed by atoms with Crippen molar-refractivity contribution in [3.05, 3.63) is 42.5 Å². The molecule has 0 fully saturated rings. The highest BCUT2D eigenvalue weighted by Gasteiger charge is 2.52. The van der Waals surface area contributed by atoms with Gasteiger partial charge in [0.05, 0.1) is 0 Å². The number of hydrogen-bond acceptors (Lipinski definition) is 6. The first kappa shape index (κ1) is 21.9. The molecule has 0 spiro atoms. The third-order valence-corrected chi connectivity index (χ3v) is 6.65. The minimum atomic E-state index is -1.36. The van der Waals surface area contributed by atoms with Crippen molar-refractivity contribution in [2.75, 3.05) is 0 Å². The molecule has 0 aromatic rings. The van der Waals surface area contributed by atoms with Crippen LogP contribution in [0.2, 0.25) is 0 Å². The van der Waals surface area contributed by atoms with Gasteiger partial charge in [-0.1, -0.05) is 11.1 Å². The number of allylic oxidation sites excluding steroid dienone is 2. The summed E-state index contributed by atoms with van der Waals surface area (Å²) in [6, 6.07) is 0. The fraction of sp³-hybridized carbons (Fsp3) is 0.700. The third-order valence-electron chi connectivity index (χ3n) is 6.65. The van der Waals surface area contributed by atoms with Crippen molar-refractivity contribution in [3.8, 4) is 0 Å². The molecule has 2 aliphatic rings. The molecule has 8 heteroatoms. The summed E-state index contributed by atoms with van der Waals surface area (Å²) >= 11 is 0. The van der Waals surface area contributed by atoms with E-state index >= 15 is 0 Å². The molecule has 154 valence electrons. The number of ketones is 2. The number of rotatable bonds is 7.